The Kier molecular flexibility index (Phi) is 8.88. The Labute approximate surface area is 199 Å². The molecule has 0 fully saturated rings. The van der Waals surface area contributed by atoms with Crippen molar-refractivity contribution < 1.29 is 18.7 Å². The molecular weight excluding hydrogens is 434 g/mol. The van der Waals surface area contributed by atoms with E-state index in [0.717, 1.165) is 5.69 Å². The zero-order valence-electron chi connectivity index (χ0n) is 19.4. The number of hydrogen-bond donors (Lipinski definition) is 1. The van der Waals surface area contributed by atoms with E-state index in [1.54, 1.807) is 48.6 Å². The lowest BCUT2D eigenvalue weighted by molar-refractivity contribution is -0.133. The second-order valence-electron chi connectivity index (χ2n) is 7.83. The van der Waals surface area contributed by atoms with Gasteiger partial charge < -0.3 is 28.8 Å². The minimum Gasteiger partial charge on any atom is -0.467 e. The van der Waals surface area contributed by atoms with Crippen molar-refractivity contribution in [1.29, 1.82) is 5.26 Å². The number of aromatic nitrogens is 1. The Hall–Kier alpha value is -4.03. The van der Waals surface area contributed by atoms with Crippen LogP contribution in [0.3, 0.4) is 0 Å². The van der Waals surface area contributed by atoms with Crippen LogP contribution in [0, 0.1) is 11.3 Å². The van der Waals surface area contributed by atoms with Crippen molar-refractivity contribution in [3.05, 3.63) is 78.0 Å². The van der Waals surface area contributed by atoms with Crippen molar-refractivity contribution in [3.8, 4) is 6.07 Å². The van der Waals surface area contributed by atoms with Gasteiger partial charge in [-0.25, -0.2) is 4.79 Å². The summed E-state index contributed by atoms with van der Waals surface area (Å²) in [6.45, 7) is 1.34. The van der Waals surface area contributed by atoms with Gasteiger partial charge in [-0.15, -0.1) is 0 Å². The molecule has 0 spiro atoms. The number of rotatable bonds is 11. The average molecular weight is 464 g/mol. The number of urea groups is 1. The molecule has 0 saturated carbocycles. The van der Waals surface area contributed by atoms with E-state index < -0.39 is 6.03 Å². The highest BCUT2D eigenvalue weighted by Gasteiger charge is 2.23. The lowest BCUT2D eigenvalue weighted by Crippen LogP contribution is -2.44. The number of nitrogens with one attached hydrogen (secondary N) is 1. The van der Waals surface area contributed by atoms with Crippen molar-refractivity contribution >= 4 is 17.6 Å². The largest absolute Gasteiger partial charge is 0.467 e. The van der Waals surface area contributed by atoms with Crippen LogP contribution >= 0.6 is 0 Å². The maximum Gasteiger partial charge on any atom is 0.322 e. The summed E-state index contributed by atoms with van der Waals surface area (Å²) in [5, 5.41) is 11.9. The number of hydrogen-bond acceptors (Lipinski definition) is 5. The van der Waals surface area contributed by atoms with Crippen LogP contribution in [0.1, 0.15) is 23.4 Å². The molecule has 0 bridgehead atoms. The molecule has 1 aromatic carbocycles. The number of carbonyl (C=O) groups excluding carboxylic acids is 2. The van der Waals surface area contributed by atoms with Crippen molar-refractivity contribution in [2.75, 3.05) is 32.1 Å². The first-order chi connectivity index (χ1) is 16.5. The summed E-state index contributed by atoms with van der Waals surface area (Å²) in [6, 6.07) is 15.7. The molecule has 9 heteroatoms. The molecule has 3 aromatic rings. The molecule has 34 heavy (non-hydrogen) atoms. The predicted octanol–water partition coefficient (Wildman–Crippen LogP) is 3.59. The van der Waals surface area contributed by atoms with Gasteiger partial charge in [-0.05, 0) is 48.9 Å². The van der Waals surface area contributed by atoms with E-state index in [-0.39, 0.29) is 19.0 Å². The molecule has 1 N–H and O–H groups in total. The predicted molar refractivity (Wildman–Crippen MR) is 127 cm³/mol. The van der Waals surface area contributed by atoms with Crippen molar-refractivity contribution in [1.82, 2.24) is 14.4 Å². The zero-order chi connectivity index (χ0) is 24.3. The van der Waals surface area contributed by atoms with Crippen LogP contribution in [0.2, 0.25) is 0 Å². The summed E-state index contributed by atoms with van der Waals surface area (Å²) in [5.74, 6) is 0.446. The molecule has 2 heterocycles. The quantitative estimate of drug-likeness (QED) is 0.438. The number of nitriles is 1. The zero-order valence-corrected chi connectivity index (χ0v) is 19.4. The molecule has 0 aliphatic rings. The fraction of sp³-hybridized carbons (Fsp3) is 0.320. The second-order valence-corrected chi connectivity index (χ2v) is 7.83. The molecule has 0 unspecified atom stereocenters. The molecule has 2 aromatic heterocycles. The normalized spacial score (nSPS) is 10.5. The van der Waals surface area contributed by atoms with Crippen LogP contribution in [-0.2, 0) is 29.7 Å². The van der Waals surface area contributed by atoms with Gasteiger partial charge in [0.2, 0.25) is 5.91 Å². The highest BCUT2D eigenvalue weighted by atomic mass is 16.5. The van der Waals surface area contributed by atoms with E-state index in [2.05, 4.69) is 11.4 Å². The number of benzene rings is 1. The van der Waals surface area contributed by atoms with Crippen LogP contribution in [0.15, 0.2) is 65.4 Å². The molecule has 0 aliphatic carbocycles. The topological polar surface area (TPSA) is 104 Å². The molecule has 3 rings (SSSR count). The molecule has 0 aliphatic heterocycles. The summed E-state index contributed by atoms with van der Waals surface area (Å²) in [4.78, 5) is 29.6. The molecular formula is C25H29N5O4. The number of carbonyl (C=O) groups is 2. The van der Waals surface area contributed by atoms with Gasteiger partial charge in [-0.2, -0.15) is 5.26 Å². The van der Waals surface area contributed by atoms with Gasteiger partial charge in [0.25, 0.3) is 0 Å². The van der Waals surface area contributed by atoms with Gasteiger partial charge in [0.15, 0.2) is 0 Å². The van der Waals surface area contributed by atoms with Gasteiger partial charge >= 0.3 is 6.03 Å². The lowest BCUT2D eigenvalue weighted by atomic mass is 10.2. The number of nitrogens with zero attached hydrogens (tertiary/aromatic N) is 4. The van der Waals surface area contributed by atoms with Gasteiger partial charge in [0, 0.05) is 44.9 Å². The molecule has 178 valence electrons. The summed E-state index contributed by atoms with van der Waals surface area (Å²) >= 11 is 0. The van der Waals surface area contributed by atoms with Crippen LogP contribution < -0.4 is 5.32 Å². The highest BCUT2D eigenvalue weighted by Crippen LogP contribution is 2.14. The van der Waals surface area contributed by atoms with Crippen LogP contribution in [0.25, 0.3) is 0 Å². The van der Waals surface area contributed by atoms with Crippen molar-refractivity contribution in [2.45, 2.75) is 19.5 Å². The Morgan fingerprint density at radius 2 is 2.00 bits per heavy atom. The smallest absolute Gasteiger partial charge is 0.322 e. The Balaban J connectivity index is 1.75. The van der Waals surface area contributed by atoms with Gasteiger partial charge in [0.05, 0.1) is 31.0 Å². The number of ether oxygens (including phenoxy) is 1. The van der Waals surface area contributed by atoms with E-state index >= 15 is 0 Å². The minimum atomic E-state index is -0.420. The van der Waals surface area contributed by atoms with E-state index in [1.807, 2.05) is 36.0 Å². The van der Waals surface area contributed by atoms with Gasteiger partial charge in [-0.3, -0.25) is 4.79 Å². The maximum atomic E-state index is 13.4. The van der Waals surface area contributed by atoms with Crippen LogP contribution in [-0.4, -0.2) is 53.1 Å². The van der Waals surface area contributed by atoms with Gasteiger partial charge in [0.1, 0.15) is 12.3 Å². The first-order valence-electron chi connectivity index (χ1n) is 11.0. The van der Waals surface area contributed by atoms with Crippen LogP contribution in [0.4, 0.5) is 10.5 Å². The SMILES string of the molecule is COCCCN(CC(=O)N(Cc1ccco1)Cc1cccn1C)C(=O)Nc1cccc(C#N)c1. The van der Waals surface area contributed by atoms with Crippen LogP contribution in [0.5, 0.6) is 0 Å². The standard InChI is InChI=1S/C25H29N5O4/c1-28-11-4-9-22(28)17-30(18-23-10-5-14-34-23)24(31)19-29(12-6-13-33-2)25(32)27-21-8-3-7-20(15-21)16-26/h3-5,7-11,14-15H,6,12-13,17-19H2,1-2H3,(H,27,32). The van der Waals surface area contributed by atoms with Crippen molar-refractivity contribution in [3.63, 3.8) is 0 Å². The molecule has 3 amide bonds. The molecule has 0 atom stereocenters. The first kappa shape index (κ1) is 24.6. The fourth-order valence-electron chi connectivity index (χ4n) is 3.46. The number of methoxy groups -OCH3 is 1. The summed E-state index contributed by atoms with van der Waals surface area (Å²) in [5.41, 5.74) is 1.89. The third-order valence-electron chi connectivity index (χ3n) is 5.32. The average Bonchev–Trinajstić information content (AvgIpc) is 3.50. The summed E-state index contributed by atoms with van der Waals surface area (Å²) in [6.07, 6.45) is 4.07. The summed E-state index contributed by atoms with van der Waals surface area (Å²) < 4.78 is 12.5. The molecule has 0 saturated heterocycles. The number of furan rings is 1. The second kappa shape index (κ2) is 12.3. The van der Waals surface area contributed by atoms with E-state index in [4.69, 9.17) is 14.4 Å². The monoisotopic (exact) mass is 463 g/mol. The number of anilines is 1. The third kappa shape index (κ3) is 6.98. The minimum absolute atomic E-state index is 0.112. The number of amides is 3. The Bertz CT molecular complexity index is 1120. The molecule has 0 radical (unpaired) electrons. The Morgan fingerprint density at radius 3 is 2.68 bits per heavy atom. The molecule has 9 nitrogen and oxygen atoms in total. The fourth-order valence-corrected chi connectivity index (χ4v) is 3.46. The third-order valence-corrected chi connectivity index (χ3v) is 5.32. The maximum absolute atomic E-state index is 13.4. The summed E-state index contributed by atoms with van der Waals surface area (Å²) in [7, 11) is 3.51. The Morgan fingerprint density at radius 1 is 1.15 bits per heavy atom. The highest BCUT2D eigenvalue weighted by molar-refractivity contribution is 5.92. The van der Waals surface area contributed by atoms with Gasteiger partial charge in [-0.1, -0.05) is 6.07 Å². The van der Waals surface area contributed by atoms with Crippen molar-refractivity contribution in [2.24, 2.45) is 7.05 Å². The van der Waals surface area contributed by atoms with E-state index in [1.165, 1.54) is 4.90 Å². The van der Waals surface area contributed by atoms with E-state index in [0.29, 0.717) is 43.1 Å². The van der Waals surface area contributed by atoms with E-state index in [9.17, 15) is 9.59 Å². The number of aryl methyl sites for hydroxylation is 1. The first-order valence-corrected chi connectivity index (χ1v) is 11.0. The lowest BCUT2D eigenvalue weighted by Gasteiger charge is -2.27.